The van der Waals surface area contributed by atoms with Gasteiger partial charge in [-0.2, -0.15) is 4.98 Å². The summed E-state index contributed by atoms with van der Waals surface area (Å²) in [5.74, 6) is 1.99. The van der Waals surface area contributed by atoms with Gasteiger partial charge in [-0.1, -0.05) is 31.1 Å². The number of halogens is 1. The van der Waals surface area contributed by atoms with Crippen LogP contribution in [-0.2, 0) is 13.0 Å². The SMILES string of the molecule is CCNC(=NCc1cccc(F)c1)NCCc1nc(C(C)C)no1. The minimum Gasteiger partial charge on any atom is -0.357 e. The molecule has 0 saturated carbocycles. The van der Waals surface area contributed by atoms with Crippen LogP contribution in [0.2, 0.25) is 0 Å². The Labute approximate surface area is 141 Å². The standard InChI is InChI=1S/C17H24FN5O/c1-4-19-17(21-11-13-6-5-7-14(18)10-13)20-9-8-15-22-16(12(2)3)23-24-15/h5-7,10,12H,4,8-9,11H2,1-3H3,(H2,19,20,21). The van der Waals surface area contributed by atoms with Crippen molar-refractivity contribution in [3.63, 3.8) is 0 Å². The van der Waals surface area contributed by atoms with Gasteiger partial charge < -0.3 is 15.2 Å². The van der Waals surface area contributed by atoms with Crippen LogP contribution in [0.3, 0.4) is 0 Å². The highest BCUT2D eigenvalue weighted by Gasteiger charge is 2.09. The summed E-state index contributed by atoms with van der Waals surface area (Å²) in [6, 6.07) is 6.44. The smallest absolute Gasteiger partial charge is 0.228 e. The molecule has 2 N–H and O–H groups in total. The second kappa shape index (κ2) is 9.00. The molecule has 0 bridgehead atoms. The first-order valence-corrected chi connectivity index (χ1v) is 8.17. The molecule has 130 valence electrons. The lowest BCUT2D eigenvalue weighted by Gasteiger charge is -2.10. The molecule has 2 rings (SSSR count). The van der Waals surface area contributed by atoms with Gasteiger partial charge in [-0.3, -0.25) is 0 Å². The Bertz CT molecular complexity index is 669. The van der Waals surface area contributed by atoms with Crippen LogP contribution in [0.25, 0.3) is 0 Å². The average Bonchev–Trinajstić information content (AvgIpc) is 3.02. The first kappa shape index (κ1) is 17.9. The average molecular weight is 333 g/mol. The number of nitrogens with one attached hydrogen (secondary N) is 2. The van der Waals surface area contributed by atoms with Gasteiger partial charge in [0, 0.05) is 25.4 Å². The largest absolute Gasteiger partial charge is 0.357 e. The van der Waals surface area contributed by atoms with E-state index in [9.17, 15) is 4.39 Å². The second-order valence-corrected chi connectivity index (χ2v) is 5.70. The summed E-state index contributed by atoms with van der Waals surface area (Å²) in [6.45, 7) is 7.81. The van der Waals surface area contributed by atoms with Crippen LogP contribution in [0.1, 0.15) is 44.0 Å². The lowest BCUT2D eigenvalue weighted by Crippen LogP contribution is -2.38. The zero-order valence-corrected chi connectivity index (χ0v) is 14.3. The fourth-order valence-electron chi connectivity index (χ4n) is 2.04. The van der Waals surface area contributed by atoms with Gasteiger partial charge in [-0.25, -0.2) is 9.38 Å². The van der Waals surface area contributed by atoms with Crippen molar-refractivity contribution in [2.24, 2.45) is 4.99 Å². The van der Waals surface area contributed by atoms with E-state index in [0.29, 0.717) is 31.4 Å². The first-order chi connectivity index (χ1) is 11.6. The van der Waals surface area contributed by atoms with E-state index in [4.69, 9.17) is 4.52 Å². The van der Waals surface area contributed by atoms with E-state index in [-0.39, 0.29) is 11.7 Å². The maximum atomic E-state index is 13.2. The number of guanidine groups is 1. The summed E-state index contributed by atoms with van der Waals surface area (Å²) >= 11 is 0. The molecule has 0 radical (unpaired) electrons. The topological polar surface area (TPSA) is 75.3 Å². The Kier molecular flexibility index (Phi) is 6.72. The highest BCUT2D eigenvalue weighted by Crippen LogP contribution is 2.09. The second-order valence-electron chi connectivity index (χ2n) is 5.70. The summed E-state index contributed by atoms with van der Waals surface area (Å²) in [5.41, 5.74) is 0.825. The molecule has 0 atom stereocenters. The number of hydrogen-bond donors (Lipinski definition) is 2. The van der Waals surface area contributed by atoms with Gasteiger partial charge in [0.25, 0.3) is 0 Å². The maximum Gasteiger partial charge on any atom is 0.228 e. The molecular formula is C17H24FN5O. The first-order valence-electron chi connectivity index (χ1n) is 8.17. The van der Waals surface area contributed by atoms with E-state index in [0.717, 1.165) is 17.9 Å². The van der Waals surface area contributed by atoms with Crippen LogP contribution in [0.5, 0.6) is 0 Å². The molecule has 0 unspecified atom stereocenters. The van der Waals surface area contributed by atoms with Crippen molar-refractivity contribution in [1.29, 1.82) is 0 Å². The number of hydrogen-bond acceptors (Lipinski definition) is 4. The van der Waals surface area contributed by atoms with Crippen molar-refractivity contribution < 1.29 is 8.91 Å². The molecule has 7 heteroatoms. The molecule has 0 aliphatic carbocycles. The summed E-state index contributed by atoms with van der Waals surface area (Å²) in [4.78, 5) is 8.79. The number of rotatable bonds is 7. The van der Waals surface area contributed by atoms with Crippen molar-refractivity contribution in [2.75, 3.05) is 13.1 Å². The van der Waals surface area contributed by atoms with E-state index >= 15 is 0 Å². The molecule has 0 aliphatic heterocycles. The number of benzene rings is 1. The van der Waals surface area contributed by atoms with E-state index < -0.39 is 0 Å². The van der Waals surface area contributed by atoms with Crippen molar-refractivity contribution in [3.05, 3.63) is 47.4 Å². The van der Waals surface area contributed by atoms with Gasteiger partial charge in [0.1, 0.15) is 5.82 Å². The third kappa shape index (κ3) is 5.64. The van der Waals surface area contributed by atoms with Gasteiger partial charge in [-0.05, 0) is 24.6 Å². The molecule has 0 amide bonds. The summed E-state index contributed by atoms with van der Waals surface area (Å²) in [6.07, 6.45) is 0.615. The number of aromatic nitrogens is 2. The van der Waals surface area contributed by atoms with E-state index in [2.05, 4.69) is 25.8 Å². The van der Waals surface area contributed by atoms with Gasteiger partial charge in [0.15, 0.2) is 11.8 Å². The van der Waals surface area contributed by atoms with E-state index in [1.807, 2.05) is 26.8 Å². The molecule has 2 aromatic rings. The van der Waals surface area contributed by atoms with Gasteiger partial charge >= 0.3 is 0 Å². The number of aliphatic imine (C=N–C) groups is 1. The normalized spacial score (nSPS) is 11.8. The van der Waals surface area contributed by atoms with Crippen molar-refractivity contribution in [3.8, 4) is 0 Å². The molecule has 1 aromatic heterocycles. The molecule has 24 heavy (non-hydrogen) atoms. The zero-order valence-electron chi connectivity index (χ0n) is 14.3. The predicted molar refractivity (Wildman–Crippen MR) is 91.3 cm³/mol. The monoisotopic (exact) mass is 333 g/mol. The molecule has 0 spiro atoms. The minimum atomic E-state index is -0.252. The number of nitrogens with zero attached hydrogens (tertiary/aromatic N) is 3. The Morgan fingerprint density at radius 1 is 1.33 bits per heavy atom. The predicted octanol–water partition coefficient (Wildman–Crippen LogP) is 2.63. The minimum absolute atomic E-state index is 0.251. The maximum absolute atomic E-state index is 13.2. The molecule has 0 fully saturated rings. The molecule has 6 nitrogen and oxygen atoms in total. The van der Waals surface area contributed by atoms with Crippen LogP contribution >= 0.6 is 0 Å². The third-order valence-corrected chi connectivity index (χ3v) is 3.28. The summed E-state index contributed by atoms with van der Waals surface area (Å²) in [5, 5.41) is 10.3. The molecule has 1 aromatic carbocycles. The van der Waals surface area contributed by atoms with E-state index in [1.54, 1.807) is 6.07 Å². The third-order valence-electron chi connectivity index (χ3n) is 3.28. The van der Waals surface area contributed by atoms with Gasteiger partial charge in [-0.15, -0.1) is 0 Å². The van der Waals surface area contributed by atoms with Crippen LogP contribution in [0.4, 0.5) is 4.39 Å². The van der Waals surface area contributed by atoms with Crippen LogP contribution in [0, 0.1) is 5.82 Å². The molecule has 0 aliphatic rings. The molecule has 0 saturated heterocycles. The van der Waals surface area contributed by atoms with Crippen LogP contribution in [0.15, 0.2) is 33.8 Å². The van der Waals surface area contributed by atoms with Gasteiger partial charge in [0.2, 0.25) is 5.89 Å². The van der Waals surface area contributed by atoms with Crippen LogP contribution < -0.4 is 10.6 Å². The van der Waals surface area contributed by atoms with Gasteiger partial charge in [0.05, 0.1) is 6.54 Å². The quantitative estimate of drug-likeness (QED) is 0.602. The fraction of sp³-hybridized carbons (Fsp3) is 0.471. The lowest BCUT2D eigenvalue weighted by molar-refractivity contribution is 0.371. The highest BCUT2D eigenvalue weighted by atomic mass is 19.1. The van der Waals surface area contributed by atoms with Crippen molar-refractivity contribution >= 4 is 5.96 Å². The zero-order chi connectivity index (χ0) is 17.4. The Hall–Kier alpha value is -2.44. The van der Waals surface area contributed by atoms with E-state index in [1.165, 1.54) is 12.1 Å². The van der Waals surface area contributed by atoms with Crippen LogP contribution in [-0.4, -0.2) is 29.2 Å². The Morgan fingerprint density at radius 3 is 2.83 bits per heavy atom. The molecular weight excluding hydrogens is 309 g/mol. The lowest BCUT2D eigenvalue weighted by atomic mass is 10.2. The Morgan fingerprint density at radius 2 is 2.17 bits per heavy atom. The summed E-state index contributed by atoms with van der Waals surface area (Å²) in [7, 11) is 0. The van der Waals surface area contributed by atoms with Crippen molar-refractivity contribution in [2.45, 2.75) is 39.7 Å². The van der Waals surface area contributed by atoms with Crippen molar-refractivity contribution in [1.82, 2.24) is 20.8 Å². The molecule has 1 heterocycles. The Balaban J connectivity index is 1.86. The fourth-order valence-corrected chi connectivity index (χ4v) is 2.04. The highest BCUT2D eigenvalue weighted by molar-refractivity contribution is 5.79. The summed E-state index contributed by atoms with van der Waals surface area (Å²) < 4.78 is 18.4.